The molecule has 1 aromatic rings. The number of likely N-dealkylation sites (tertiary alicyclic amines) is 1. The van der Waals surface area contributed by atoms with E-state index in [0.29, 0.717) is 11.7 Å². The van der Waals surface area contributed by atoms with Crippen LogP contribution in [0.3, 0.4) is 0 Å². The Balaban J connectivity index is 1.56. The number of piperidine rings is 1. The van der Waals surface area contributed by atoms with Gasteiger partial charge in [-0.2, -0.15) is 0 Å². The Bertz CT molecular complexity index is 508. The number of phenols is 1. The number of hydrogen-bond acceptors (Lipinski definition) is 2. The zero-order valence-electron chi connectivity index (χ0n) is 14.9. The summed E-state index contributed by atoms with van der Waals surface area (Å²) in [6.45, 7) is 8.44. The SMILES string of the molecule is C[C@H]1CN(CCC2CCCCC2)CC[C@]1(C)c1cccc(O)c1. The molecule has 1 aliphatic carbocycles. The van der Waals surface area contributed by atoms with Crippen LogP contribution in [0.25, 0.3) is 0 Å². The van der Waals surface area contributed by atoms with Crippen molar-refractivity contribution in [2.75, 3.05) is 19.6 Å². The van der Waals surface area contributed by atoms with E-state index in [4.69, 9.17) is 0 Å². The average molecular weight is 316 g/mol. The number of benzene rings is 1. The molecule has 0 unspecified atom stereocenters. The van der Waals surface area contributed by atoms with Crippen LogP contribution in [0, 0.1) is 11.8 Å². The molecule has 1 heterocycles. The summed E-state index contributed by atoms with van der Waals surface area (Å²) in [5, 5.41) is 9.81. The maximum Gasteiger partial charge on any atom is 0.115 e. The van der Waals surface area contributed by atoms with E-state index in [0.717, 1.165) is 5.92 Å². The van der Waals surface area contributed by atoms with Crippen LogP contribution in [-0.4, -0.2) is 29.6 Å². The Labute approximate surface area is 141 Å². The van der Waals surface area contributed by atoms with Crippen LogP contribution in [-0.2, 0) is 5.41 Å². The molecule has 2 heteroatoms. The van der Waals surface area contributed by atoms with Crippen LogP contribution in [0.2, 0.25) is 0 Å². The topological polar surface area (TPSA) is 23.5 Å². The van der Waals surface area contributed by atoms with Gasteiger partial charge in [0.15, 0.2) is 0 Å². The van der Waals surface area contributed by atoms with Crippen molar-refractivity contribution in [3.8, 4) is 5.75 Å². The molecule has 1 saturated heterocycles. The lowest BCUT2D eigenvalue weighted by Gasteiger charge is -2.45. The summed E-state index contributed by atoms with van der Waals surface area (Å²) in [5.41, 5.74) is 1.50. The Morgan fingerprint density at radius 2 is 2.00 bits per heavy atom. The van der Waals surface area contributed by atoms with E-state index in [-0.39, 0.29) is 5.41 Å². The summed E-state index contributed by atoms with van der Waals surface area (Å²) in [5.74, 6) is 2.01. The van der Waals surface area contributed by atoms with Crippen molar-refractivity contribution in [1.82, 2.24) is 4.90 Å². The van der Waals surface area contributed by atoms with Crippen molar-refractivity contribution in [2.45, 2.75) is 64.2 Å². The van der Waals surface area contributed by atoms with Crippen LogP contribution in [0.15, 0.2) is 24.3 Å². The van der Waals surface area contributed by atoms with Crippen molar-refractivity contribution in [1.29, 1.82) is 0 Å². The third kappa shape index (κ3) is 3.91. The van der Waals surface area contributed by atoms with E-state index < -0.39 is 0 Å². The van der Waals surface area contributed by atoms with Gasteiger partial charge in [0.2, 0.25) is 0 Å². The average Bonchev–Trinajstić information content (AvgIpc) is 2.57. The molecular weight excluding hydrogens is 282 g/mol. The van der Waals surface area contributed by atoms with Crippen LogP contribution in [0.5, 0.6) is 5.75 Å². The van der Waals surface area contributed by atoms with Crippen LogP contribution in [0.4, 0.5) is 0 Å². The molecule has 23 heavy (non-hydrogen) atoms. The first kappa shape index (κ1) is 16.8. The Kier molecular flexibility index (Phi) is 5.31. The van der Waals surface area contributed by atoms with E-state index in [1.807, 2.05) is 12.1 Å². The van der Waals surface area contributed by atoms with Gasteiger partial charge in [0.1, 0.15) is 5.75 Å². The lowest BCUT2D eigenvalue weighted by Crippen LogP contribution is -2.47. The van der Waals surface area contributed by atoms with Crippen molar-refractivity contribution >= 4 is 0 Å². The number of aromatic hydroxyl groups is 1. The van der Waals surface area contributed by atoms with Crippen molar-refractivity contribution in [3.05, 3.63) is 29.8 Å². The third-order valence-corrected chi connectivity index (χ3v) is 6.65. The summed E-state index contributed by atoms with van der Waals surface area (Å²) < 4.78 is 0. The fraction of sp³-hybridized carbons (Fsp3) is 0.714. The van der Waals surface area contributed by atoms with E-state index >= 15 is 0 Å². The summed E-state index contributed by atoms with van der Waals surface area (Å²) >= 11 is 0. The van der Waals surface area contributed by atoms with Gasteiger partial charge in [-0.15, -0.1) is 0 Å². The second-order valence-electron chi connectivity index (χ2n) is 8.21. The maximum atomic E-state index is 9.81. The summed E-state index contributed by atoms with van der Waals surface area (Å²) in [7, 11) is 0. The quantitative estimate of drug-likeness (QED) is 0.848. The molecule has 2 fully saturated rings. The van der Waals surface area contributed by atoms with E-state index in [1.165, 1.54) is 70.1 Å². The maximum absolute atomic E-state index is 9.81. The minimum atomic E-state index is 0.195. The van der Waals surface area contributed by atoms with Gasteiger partial charge in [-0.25, -0.2) is 0 Å². The smallest absolute Gasteiger partial charge is 0.115 e. The standard InChI is InChI=1S/C21H33NO/c1-17-16-22(13-11-18-7-4-3-5-8-18)14-12-21(17,2)19-9-6-10-20(23)15-19/h6,9-10,15,17-18,23H,3-5,7-8,11-14,16H2,1-2H3/t17-,21-/m0/s1. The molecule has 2 atom stereocenters. The highest BCUT2D eigenvalue weighted by Crippen LogP contribution is 2.40. The predicted molar refractivity (Wildman–Crippen MR) is 96.9 cm³/mol. The molecule has 0 spiro atoms. The van der Waals surface area contributed by atoms with Crippen LogP contribution in [0.1, 0.15) is 64.4 Å². The highest BCUT2D eigenvalue weighted by molar-refractivity contribution is 5.33. The van der Waals surface area contributed by atoms with Gasteiger partial charge >= 0.3 is 0 Å². The molecule has 1 aliphatic heterocycles. The van der Waals surface area contributed by atoms with Gasteiger partial charge in [-0.05, 0) is 60.9 Å². The highest BCUT2D eigenvalue weighted by Gasteiger charge is 2.38. The lowest BCUT2D eigenvalue weighted by molar-refractivity contribution is 0.103. The molecule has 1 saturated carbocycles. The van der Waals surface area contributed by atoms with E-state index in [1.54, 1.807) is 6.07 Å². The van der Waals surface area contributed by atoms with Gasteiger partial charge in [0.05, 0.1) is 0 Å². The molecule has 2 aliphatic rings. The monoisotopic (exact) mass is 315 g/mol. The lowest BCUT2D eigenvalue weighted by atomic mass is 9.68. The van der Waals surface area contributed by atoms with E-state index in [9.17, 15) is 5.11 Å². The minimum absolute atomic E-state index is 0.195. The van der Waals surface area contributed by atoms with Crippen molar-refractivity contribution in [3.63, 3.8) is 0 Å². The largest absolute Gasteiger partial charge is 0.508 e. The second-order valence-corrected chi connectivity index (χ2v) is 8.21. The Hall–Kier alpha value is -1.02. The molecule has 0 bridgehead atoms. The molecule has 0 amide bonds. The predicted octanol–water partition coefficient (Wildman–Crippen LogP) is 4.96. The zero-order valence-corrected chi connectivity index (χ0v) is 14.9. The van der Waals surface area contributed by atoms with Crippen molar-refractivity contribution < 1.29 is 5.11 Å². The van der Waals surface area contributed by atoms with Gasteiger partial charge in [0.25, 0.3) is 0 Å². The Morgan fingerprint density at radius 1 is 1.22 bits per heavy atom. The summed E-state index contributed by atoms with van der Waals surface area (Å²) in [4.78, 5) is 2.68. The third-order valence-electron chi connectivity index (χ3n) is 6.65. The molecule has 0 aromatic heterocycles. The summed E-state index contributed by atoms with van der Waals surface area (Å²) in [6, 6.07) is 7.91. The zero-order chi connectivity index (χ0) is 16.3. The number of nitrogens with zero attached hydrogens (tertiary/aromatic N) is 1. The number of rotatable bonds is 4. The minimum Gasteiger partial charge on any atom is -0.508 e. The molecule has 1 N–H and O–H groups in total. The molecule has 0 radical (unpaired) electrons. The highest BCUT2D eigenvalue weighted by atomic mass is 16.3. The fourth-order valence-corrected chi connectivity index (χ4v) is 4.65. The molecule has 3 rings (SSSR count). The van der Waals surface area contributed by atoms with E-state index in [2.05, 4.69) is 24.8 Å². The first-order chi connectivity index (χ1) is 11.1. The number of hydrogen-bond donors (Lipinski definition) is 1. The summed E-state index contributed by atoms with van der Waals surface area (Å²) in [6.07, 6.45) is 9.89. The van der Waals surface area contributed by atoms with Crippen molar-refractivity contribution in [2.24, 2.45) is 11.8 Å². The van der Waals surface area contributed by atoms with Gasteiger partial charge in [0, 0.05) is 6.54 Å². The molecule has 1 aromatic carbocycles. The normalized spacial score (nSPS) is 30.4. The molecule has 2 nitrogen and oxygen atoms in total. The number of phenolic OH excluding ortho intramolecular Hbond substituents is 1. The molecular formula is C21H33NO. The first-order valence-electron chi connectivity index (χ1n) is 9.60. The van der Waals surface area contributed by atoms with Gasteiger partial charge in [-0.1, -0.05) is 58.1 Å². The van der Waals surface area contributed by atoms with Crippen LogP contribution < -0.4 is 0 Å². The Morgan fingerprint density at radius 3 is 2.70 bits per heavy atom. The second kappa shape index (κ2) is 7.25. The fourth-order valence-electron chi connectivity index (χ4n) is 4.65. The molecule has 128 valence electrons. The van der Waals surface area contributed by atoms with Crippen LogP contribution >= 0.6 is 0 Å². The first-order valence-corrected chi connectivity index (χ1v) is 9.60. The van der Waals surface area contributed by atoms with Gasteiger partial charge in [-0.3, -0.25) is 0 Å². The van der Waals surface area contributed by atoms with Gasteiger partial charge < -0.3 is 10.0 Å².